The van der Waals surface area contributed by atoms with Crippen molar-refractivity contribution in [1.29, 1.82) is 0 Å². The molecule has 1 saturated carbocycles. The average Bonchev–Trinajstić information content (AvgIpc) is 2.42. The van der Waals surface area contributed by atoms with Gasteiger partial charge in [-0.3, -0.25) is 0 Å². The Kier molecular flexibility index (Phi) is 2.58. The number of nitrogens with two attached hydrogens (primary N) is 1. The van der Waals surface area contributed by atoms with Crippen LogP contribution in [0.4, 0.5) is 0 Å². The molecule has 0 spiro atoms. The third kappa shape index (κ3) is 1.81. The van der Waals surface area contributed by atoms with E-state index in [4.69, 9.17) is 10.5 Å². The molecule has 2 fully saturated rings. The average molecular weight is 198 g/mol. The molecule has 2 atom stereocenters. The molecule has 2 unspecified atom stereocenters. The molecule has 1 aliphatic carbocycles. The molecule has 0 bridgehead atoms. The Balaban J connectivity index is 1.84. The van der Waals surface area contributed by atoms with Crippen LogP contribution >= 0.6 is 0 Å². The second-order valence-corrected chi connectivity index (χ2v) is 5.54. The fourth-order valence-electron chi connectivity index (χ4n) is 2.21. The zero-order chi connectivity index (χ0) is 10.2. The van der Waals surface area contributed by atoms with Crippen molar-refractivity contribution >= 4 is 0 Å². The van der Waals surface area contributed by atoms with E-state index < -0.39 is 0 Å². The molecule has 3 N–H and O–H groups in total. The smallest absolute Gasteiger partial charge is 0.0624 e. The maximum atomic E-state index is 6.04. The molecule has 14 heavy (non-hydrogen) atoms. The Morgan fingerprint density at radius 2 is 2.14 bits per heavy atom. The molecule has 1 aliphatic heterocycles. The summed E-state index contributed by atoms with van der Waals surface area (Å²) in [5.74, 6) is 0. The molecule has 2 rings (SSSR count). The molecule has 1 heterocycles. The van der Waals surface area contributed by atoms with Gasteiger partial charge >= 0.3 is 0 Å². The van der Waals surface area contributed by atoms with Crippen LogP contribution < -0.4 is 11.1 Å². The minimum absolute atomic E-state index is 0.137. The standard InChI is InChI=1S/C11H22N2O/c1-10(8-14-6-9(10)12)7-13-11(2)4-3-5-11/h9,13H,3-8,12H2,1-2H3. The van der Waals surface area contributed by atoms with Gasteiger partial charge in [-0.05, 0) is 26.2 Å². The fraction of sp³-hybridized carbons (Fsp3) is 1.00. The molecule has 0 aromatic rings. The van der Waals surface area contributed by atoms with E-state index in [1.165, 1.54) is 19.3 Å². The molecular formula is C11H22N2O. The summed E-state index contributed by atoms with van der Waals surface area (Å²) in [4.78, 5) is 0. The third-order valence-electron chi connectivity index (χ3n) is 4.00. The Morgan fingerprint density at radius 1 is 1.43 bits per heavy atom. The topological polar surface area (TPSA) is 47.3 Å². The minimum atomic E-state index is 0.137. The molecule has 2 aliphatic rings. The fourth-order valence-corrected chi connectivity index (χ4v) is 2.21. The van der Waals surface area contributed by atoms with Crippen molar-refractivity contribution < 1.29 is 4.74 Å². The first-order valence-electron chi connectivity index (χ1n) is 5.63. The molecule has 1 saturated heterocycles. The van der Waals surface area contributed by atoms with E-state index in [1.807, 2.05) is 0 Å². The van der Waals surface area contributed by atoms with Crippen molar-refractivity contribution in [3.05, 3.63) is 0 Å². The zero-order valence-corrected chi connectivity index (χ0v) is 9.31. The number of hydrogen-bond donors (Lipinski definition) is 2. The molecule has 0 aromatic carbocycles. The lowest BCUT2D eigenvalue weighted by atomic mass is 9.77. The van der Waals surface area contributed by atoms with Crippen LogP contribution in [0.2, 0.25) is 0 Å². The number of nitrogens with one attached hydrogen (secondary N) is 1. The summed E-state index contributed by atoms with van der Waals surface area (Å²) in [6.07, 6.45) is 3.97. The summed E-state index contributed by atoms with van der Waals surface area (Å²) >= 11 is 0. The summed E-state index contributed by atoms with van der Waals surface area (Å²) in [7, 11) is 0. The first-order valence-corrected chi connectivity index (χ1v) is 5.63. The van der Waals surface area contributed by atoms with Crippen LogP contribution in [0, 0.1) is 5.41 Å². The van der Waals surface area contributed by atoms with Crippen molar-refractivity contribution in [3.8, 4) is 0 Å². The number of ether oxygens (including phenoxy) is 1. The quantitative estimate of drug-likeness (QED) is 0.708. The molecular weight excluding hydrogens is 176 g/mol. The Bertz CT molecular complexity index is 215. The van der Waals surface area contributed by atoms with E-state index in [9.17, 15) is 0 Å². The van der Waals surface area contributed by atoms with Gasteiger partial charge < -0.3 is 15.8 Å². The van der Waals surface area contributed by atoms with Crippen molar-refractivity contribution in [2.45, 2.75) is 44.7 Å². The first-order chi connectivity index (χ1) is 6.54. The van der Waals surface area contributed by atoms with Crippen LogP contribution in [0.25, 0.3) is 0 Å². The van der Waals surface area contributed by atoms with Gasteiger partial charge in [-0.25, -0.2) is 0 Å². The number of rotatable bonds is 3. The monoisotopic (exact) mass is 198 g/mol. The van der Waals surface area contributed by atoms with E-state index in [-0.39, 0.29) is 11.5 Å². The van der Waals surface area contributed by atoms with Gasteiger partial charge in [0.1, 0.15) is 0 Å². The molecule has 3 nitrogen and oxygen atoms in total. The highest BCUT2D eigenvalue weighted by Gasteiger charge is 2.40. The summed E-state index contributed by atoms with van der Waals surface area (Å²) in [5.41, 5.74) is 6.55. The molecule has 0 radical (unpaired) electrons. The van der Waals surface area contributed by atoms with Crippen molar-refractivity contribution in [2.24, 2.45) is 11.1 Å². The summed E-state index contributed by atoms with van der Waals surface area (Å²) in [5, 5.41) is 3.65. The normalized spacial score (nSPS) is 40.9. The van der Waals surface area contributed by atoms with Crippen LogP contribution in [0.5, 0.6) is 0 Å². The Morgan fingerprint density at radius 3 is 2.57 bits per heavy atom. The van der Waals surface area contributed by atoms with Crippen LogP contribution in [0.15, 0.2) is 0 Å². The van der Waals surface area contributed by atoms with Gasteiger partial charge in [0.15, 0.2) is 0 Å². The second kappa shape index (κ2) is 3.47. The lowest BCUT2D eigenvalue weighted by Gasteiger charge is -2.42. The SMILES string of the molecule is CC1(NCC2(C)COCC2N)CCC1. The maximum Gasteiger partial charge on any atom is 0.0624 e. The van der Waals surface area contributed by atoms with Crippen LogP contribution in [0.3, 0.4) is 0 Å². The molecule has 0 amide bonds. The van der Waals surface area contributed by atoms with Crippen molar-refractivity contribution in [1.82, 2.24) is 5.32 Å². The van der Waals surface area contributed by atoms with E-state index in [1.54, 1.807) is 0 Å². The van der Waals surface area contributed by atoms with Gasteiger partial charge in [-0.1, -0.05) is 6.92 Å². The summed E-state index contributed by atoms with van der Waals surface area (Å²) in [6.45, 7) is 7.04. The Labute approximate surface area is 86.4 Å². The lowest BCUT2D eigenvalue weighted by Crippen LogP contribution is -2.55. The van der Waals surface area contributed by atoms with Crippen molar-refractivity contribution in [3.63, 3.8) is 0 Å². The van der Waals surface area contributed by atoms with Crippen LogP contribution in [-0.4, -0.2) is 31.3 Å². The van der Waals surface area contributed by atoms with Gasteiger partial charge in [0.25, 0.3) is 0 Å². The van der Waals surface area contributed by atoms with E-state index in [0.717, 1.165) is 19.8 Å². The van der Waals surface area contributed by atoms with Crippen LogP contribution in [0.1, 0.15) is 33.1 Å². The Hall–Kier alpha value is -0.120. The van der Waals surface area contributed by atoms with E-state index >= 15 is 0 Å². The van der Waals surface area contributed by atoms with Gasteiger partial charge in [0.05, 0.1) is 13.2 Å². The lowest BCUT2D eigenvalue weighted by molar-refractivity contribution is 0.134. The van der Waals surface area contributed by atoms with E-state index in [0.29, 0.717) is 5.54 Å². The summed E-state index contributed by atoms with van der Waals surface area (Å²) in [6, 6.07) is 0.193. The summed E-state index contributed by atoms with van der Waals surface area (Å²) < 4.78 is 5.42. The maximum absolute atomic E-state index is 6.04. The highest BCUT2D eigenvalue weighted by molar-refractivity contribution is 4.97. The zero-order valence-electron chi connectivity index (χ0n) is 9.31. The minimum Gasteiger partial charge on any atom is -0.379 e. The van der Waals surface area contributed by atoms with Crippen molar-refractivity contribution in [2.75, 3.05) is 19.8 Å². The largest absolute Gasteiger partial charge is 0.379 e. The molecule has 0 aromatic heterocycles. The van der Waals surface area contributed by atoms with Crippen LogP contribution in [-0.2, 0) is 4.74 Å². The van der Waals surface area contributed by atoms with E-state index in [2.05, 4.69) is 19.2 Å². The second-order valence-electron chi connectivity index (χ2n) is 5.54. The predicted octanol–water partition coefficient (Wildman–Crippen LogP) is 0.882. The highest BCUT2D eigenvalue weighted by atomic mass is 16.5. The van der Waals surface area contributed by atoms with Gasteiger partial charge in [-0.2, -0.15) is 0 Å². The van der Waals surface area contributed by atoms with Gasteiger partial charge in [0.2, 0.25) is 0 Å². The van der Waals surface area contributed by atoms with Gasteiger partial charge in [-0.15, -0.1) is 0 Å². The highest BCUT2D eigenvalue weighted by Crippen LogP contribution is 2.33. The molecule has 3 heteroatoms. The third-order valence-corrected chi connectivity index (χ3v) is 4.00. The first kappa shape index (κ1) is 10.4. The molecule has 82 valence electrons. The van der Waals surface area contributed by atoms with Gasteiger partial charge in [0, 0.05) is 23.5 Å². The predicted molar refractivity (Wildman–Crippen MR) is 57.2 cm³/mol. The number of hydrogen-bond acceptors (Lipinski definition) is 3.